The van der Waals surface area contributed by atoms with Crippen molar-refractivity contribution in [3.8, 4) is 0 Å². The maximum atomic E-state index is 13.0. The van der Waals surface area contributed by atoms with Gasteiger partial charge in [0, 0.05) is 11.3 Å². The summed E-state index contributed by atoms with van der Waals surface area (Å²) in [5.74, 6) is -2.45. The van der Waals surface area contributed by atoms with Crippen molar-refractivity contribution >= 4 is 23.5 Å². The van der Waals surface area contributed by atoms with Crippen LogP contribution in [-0.4, -0.2) is 30.4 Å². The molecule has 1 atom stereocenters. The van der Waals surface area contributed by atoms with Gasteiger partial charge in [-0.3, -0.25) is 9.59 Å². The Kier molecular flexibility index (Phi) is 7.47. The Hall–Kier alpha value is -3.22. The van der Waals surface area contributed by atoms with Crippen LogP contribution in [0.1, 0.15) is 35.3 Å². The molecule has 0 unspecified atom stereocenters. The van der Waals surface area contributed by atoms with Crippen LogP contribution in [-0.2, 0) is 14.3 Å². The van der Waals surface area contributed by atoms with E-state index >= 15 is 0 Å². The highest BCUT2D eigenvalue weighted by atomic mass is 19.1. The van der Waals surface area contributed by atoms with Gasteiger partial charge in [-0.05, 0) is 55.7 Å². The smallest absolute Gasteiger partial charge is 0.329 e. The SMILES string of the molecule is Cc1ccc(NC(=O)COC(=O)[C@@H](NC(=O)c2ccc(F)cc2)C(C)C)c(C)c1. The van der Waals surface area contributed by atoms with E-state index in [0.29, 0.717) is 5.69 Å². The first-order valence-electron chi connectivity index (χ1n) is 9.27. The maximum Gasteiger partial charge on any atom is 0.329 e. The van der Waals surface area contributed by atoms with Crippen molar-refractivity contribution in [1.29, 1.82) is 0 Å². The van der Waals surface area contributed by atoms with E-state index in [-0.39, 0.29) is 11.5 Å². The summed E-state index contributed by atoms with van der Waals surface area (Å²) < 4.78 is 18.1. The number of aryl methyl sites for hydroxylation is 2. The van der Waals surface area contributed by atoms with E-state index in [1.165, 1.54) is 12.1 Å². The van der Waals surface area contributed by atoms with Gasteiger partial charge in [0.25, 0.3) is 11.8 Å². The predicted octanol–water partition coefficient (Wildman–Crippen LogP) is 3.38. The summed E-state index contributed by atoms with van der Waals surface area (Å²) >= 11 is 0. The van der Waals surface area contributed by atoms with E-state index < -0.39 is 36.2 Å². The Morgan fingerprint density at radius 2 is 1.69 bits per heavy atom. The lowest BCUT2D eigenvalue weighted by Gasteiger charge is -2.21. The summed E-state index contributed by atoms with van der Waals surface area (Å²) in [6, 6.07) is 9.61. The van der Waals surface area contributed by atoms with Crippen molar-refractivity contribution < 1.29 is 23.5 Å². The number of halogens is 1. The molecule has 0 saturated carbocycles. The van der Waals surface area contributed by atoms with E-state index in [0.717, 1.165) is 23.3 Å². The number of carbonyl (C=O) groups is 3. The van der Waals surface area contributed by atoms with Gasteiger partial charge in [-0.2, -0.15) is 0 Å². The fourth-order valence-corrected chi connectivity index (χ4v) is 2.69. The van der Waals surface area contributed by atoms with E-state index in [1.807, 2.05) is 26.0 Å². The summed E-state index contributed by atoms with van der Waals surface area (Å²) in [6.45, 7) is 6.84. The van der Waals surface area contributed by atoms with Gasteiger partial charge in [0.2, 0.25) is 0 Å². The number of hydrogen-bond acceptors (Lipinski definition) is 4. The number of hydrogen-bond donors (Lipinski definition) is 2. The third kappa shape index (κ3) is 6.41. The highest BCUT2D eigenvalue weighted by Crippen LogP contribution is 2.16. The Morgan fingerprint density at radius 1 is 1.03 bits per heavy atom. The van der Waals surface area contributed by atoms with Crippen LogP contribution in [0.3, 0.4) is 0 Å². The second kappa shape index (κ2) is 9.82. The van der Waals surface area contributed by atoms with Crippen LogP contribution >= 0.6 is 0 Å². The topological polar surface area (TPSA) is 84.5 Å². The minimum absolute atomic E-state index is 0.220. The Balaban J connectivity index is 1.94. The minimum Gasteiger partial charge on any atom is -0.454 e. The molecule has 2 amide bonds. The van der Waals surface area contributed by atoms with Crippen LogP contribution in [0.25, 0.3) is 0 Å². The van der Waals surface area contributed by atoms with Crippen molar-refractivity contribution in [2.75, 3.05) is 11.9 Å². The third-order valence-electron chi connectivity index (χ3n) is 4.32. The van der Waals surface area contributed by atoms with E-state index in [9.17, 15) is 18.8 Å². The van der Waals surface area contributed by atoms with Crippen LogP contribution in [0.4, 0.5) is 10.1 Å². The van der Waals surface area contributed by atoms with E-state index in [1.54, 1.807) is 19.9 Å². The zero-order valence-electron chi connectivity index (χ0n) is 16.9. The molecule has 0 heterocycles. The molecule has 2 N–H and O–H groups in total. The molecular weight excluding hydrogens is 375 g/mol. The molecule has 0 radical (unpaired) electrons. The number of carbonyl (C=O) groups excluding carboxylic acids is 3. The summed E-state index contributed by atoms with van der Waals surface area (Å²) in [7, 11) is 0. The molecule has 29 heavy (non-hydrogen) atoms. The number of nitrogens with one attached hydrogen (secondary N) is 2. The van der Waals surface area contributed by atoms with Crippen LogP contribution < -0.4 is 10.6 Å². The van der Waals surface area contributed by atoms with Crippen molar-refractivity contribution in [2.45, 2.75) is 33.7 Å². The van der Waals surface area contributed by atoms with Gasteiger partial charge in [0.05, 0.1) is 0 Å². The zero-order valence-corrected chi connectivity index (χ0v) is 16.9. The predicted molar refractivity (Wildman–Crippen MR) is 108 cm³/mol. The highest BCUT2D eigenvalue weighted by molar-refractivity contribution is 5.97. The maximum absolute atomic E-state index is 13.0. The summed E-state index contributed by atoms with van der Waals surface area (Å²) in [5.41, 5.74) is 2.83. The fourth-order valence-electron chi connectivity index (χ4n) is 2.69. The van der Waals surface area contributed by atoms with Crippen molar-refractivity contribution in [1.82, 2.24) is 5.32 Å². The average molecular weight is 400 g/mol. The van der Waals surface area contributed by atoms with Gasteiger partial charge in [0.15, 0.2) is 6.61 Å². The van der Waals surface area contributed by atoms with E-state index in [2.05, 4.69) is 10.6 Å². The lowest BCUT2D eigenvalue weighted by molar-refractivity contribution is -0.150. The molecule has 7 heteroatoms. The first-order chi connectivity index (χ1) is 13.7. The number of amides is 2. The second-order valence-corrected chi connectivity index (χ2v) is 7.18. The van der Waals surface area contributed by atoms with Gasteiger partial charge >= 0.3 is 5.97 Å². The molecule has 0 bridgehead atoms. The molecule has 0 fully saturated rings. The number of esters is 1. The molecule has 0 spiro atoms. The summed E-state index contributed by atoms with van der Waals surface area (Å²) in [5, 5.41) is 5.27. The number of rotatable bonds is 7. The largest absolute Gasteiger partial charge is 0.454 e. The molecule has 2 aromatic rings. The van der Waals surface area contributed by atoms with Crippen LogP contribution in [0.5, 0.6) is 0 Å². The fraction of sp³-hybridized carbons (Fsp3) is 0.318. The monoisotopic (exact) mass is 400 g/mol. The van der Waals surface area contributed by atoms with Crippen LogP contribution in [0, 0.1) is 25.6 Å². The molecule has 154 valence electrons. The molecule has 2 aromatic carbocycles. The lowest BCUT2D eigenvalue weighted by Crippen LogP contribution is -2.45. The third-order valence-corrected chi connectivity index (χ3v) is 4.32. The molecule has 0 saturated heterocycles. The second-order valence-electron chi connectivity index (χ2n) is 7.18. The lowest BCUT2D eigenvalue weighted by atomic mass is 10.0. The van der Waals surface area contributed by atoms with Crippen LogP contribution in [0.2, 0.25) is 0 Å². The van der Waals surface area contributed by atoms with E-state index in [4.69, 9.17) is 4.74 Å². The van der Waals surface area contributed by atoms with Gasteiger partial charge in [-0.25, -0.2) is 9.18 Å². The minimum atomic E-state index is -0.943. The first kappa shape index (κ1) is 22.1. The molecule has 0 aromatic heterocycles. The summed E-state index contributed by atoms with van der Waals surface area (Å²) in [4.78, 5) is 36.8. The Labute approximate surface area is 169 Å². The Morgan fingerprint density at radius 3 is 2.28 bits per heavy atom. The van der Waals surface area contributed by atoms with Crippen molar-refractivity contribution in [3.05, 3.63) is 65.0 Å². The number of benzene rings is 2. The molecule has 0 aliphatic rings. The Bertz CT molecular complexity index is 894. The molecule has 6 nitrogen and oxygen atoms in total. The normalized spacial score (nSPS) is 11.7. The van der Waals surface area contributed by atoms with Gasteiger partial charge in [0.1, 0.15) is 11.9 Å². The standard InChI is InChI=1S/C22H25FN2O4/c1-13(2)20(25-21(27)16-6-8-17(23)9-7-16)22(28)29-12-19(26)24-18-10-5-14(3)11-15(18)4/h5-11,13,20H,12H2,1-4H3,(H,24,26)(H,25,27)/t20-/m0/s1. The molecule has 0 aliphatic heterocycles. The zero-order chi connectivity index (χ0) is 21.6. The first-order valence-corrected chi connectivity index (χ1v) is 9.27. The highest BCUT2D eigenvalue weighted by Gasteiger charge is 2.26. The van der Waals surface area contributed by atoms with Gasteiger partial charge < -0.3 is 15.4 Å². The van der Waals surface area contributed by atoms with Gasteiger partial charge in [-0.15, -0.1) is 0 Å². The van der Waals surface area contributed by atoms with Crippen molar-refractivity contribution in [2.24, 2.45) is 5.92 Å². The van der Waals surface area contributed by atoms with Crippen LogP contribution in [0.15, 0.2) is 42.5 Å². The van der Waals surface area contributed by atoms with Gasteiger partial charge in [-0.1, -0.05) is 31.5 Å². The molecule has 0 aliphatic carbocycles. The summed E-state index contributed by atoms with van der Waals surface area (Å²) in [6.07, 6.45) is 0. The average Bonchev–Trinajstić information content (AvgIpc) is 2.66. The quantitative estimate of drug-likeness (QED) is 0.698. The molecular formula is C22H25FN2O4. The number of ether oxygens (including phenoxy) is 1. The molecule has 2 rings (SSSR count). The van der Waals surface area contributed by atoms with Crippen molar-refractivity contribution in [3.63, 3.8) is 0 Å². The number of anilines is 1.